The Hall–Kier alpha value is -3.44. The van der Waals surface area contributed by atoms with Crippen molar-refractivity contribution in [3.8, 4) is 0 Å². The third-order valence-electron chi connectivity index (χ3n) is 5.66. The van der Waals surface area contributed by atoms with Gasteiger partial charge < -0.3 is 9.80 Å². The summed E-state index contributed by atoms with van der Waals surface area (Å²) in [6.45, 7) is 16.1. The van der Waals surface area contributed by atoms with Gasteiger partial charge in [0.15, 0.2) is 0 Å². The molecule has 46 heavy (non-hydrogen) atoms. The molecule has 0 amide bonds. The van der Waals surface area contributed by atoms with E-state index in [-0.39, 0.29) is 21.2 Å². The third kappa shape index (κ3) is 15.7. The van der Waals surface area contributed by atoms with Crippen LogP contribution < -0.4 is 9.44 Å². The minimum Gasteiger partial charge on any atom is -0.383 e. The second-order valence-corrected chi connectivity index (χ2v) is 16.6. The van der Waals surface area contributed by atoms with Crippen LogP contribution >= 0.6 is 0 Å². The first-order valence-corrected chi connectivity index (χ1v) is 17.2. The van der Waals surface area contributed by atoms with E-state index in [1.807, 2.05) is 0 Å². The van der Waals surface area contributed by atoms with Gasteiger partial charge in [-0.1, -0.05) is 6.07 Å². The normalized spacial score (nSPS) is 12.3. The summed E-state index contributed by atoms with van der Waals surface area (Å²) in [6, 6.07) is 8.40. The summed E-state index contributed by atoms with van der Waals surface area (Å²) in [6.07, 6.45) is 3.22. The van der Waals surface area contributed by atoms with Crippen molar-refractivity contribution in [2.75, 3.05) is 28.2 Å². The Morgan fingerprint density at radius 2 is 1.11 bits per heavy atom. The Morgan fingerprint density at radius 1 is 0.739 bits per heavy atom. The lowest BCUT2D eigenvalue weighted by Crippen LogP contribution is -2.40. The van der Waals surface area contributed by atoms with Crippen molar-refractivity contribution in [3.05, 3.63) is 74.0 Å². The fourth-order valence-corrected chi connectivity index (χ4v) is 5.97. The summed E-state index contributed by atoms with van der Waals surface area (Å²) in [7, 11) is 0.164. The molecule has 0 spiro atoms. The zero-order chi connectivity index (χ0) is 36.4. The van der Waals surface area contributed by atoms with Crippen LogP contribution in [0.1, 0.15) is 66.5 Å². The summed E-state index contributed by atoms with van der Waals surface area (Å²) in [5.74, 6) is 0. The second kappa shape index (κ2) is 16.9. The fourth-order valence-electron chi connectivity index (χ4n) is 3.10. The molecule has 14 nitrogen and oxygen atoms in total. The largest absolute Gasteiger partial charge is 0.383 e. The standard InChI is InChI=1S/C14H21N3O4S.C11H16N2O4S.C5H13N/c1-14(2,3)15-22(20,21)12-7-6-11(8-9-16(4)5)13(10-12)17(18)19;1-8-5-6-9(7-10(8)13(14)15)18(16,17)12-11(2,3)4;1-5(2)6(3)4/h6-10,15H,1-5H3;5-7,12H,1-4H3;5H,1-4H3/b9-8+;;. The van der Waals surface area contributed by atoms with Crippen molar-refractivity contribution in [2.45, 2.75) is 89.2 Å². The first-order valence-electron chi connectivity index (χ1n) is 14.2. The van der Waals surface area contributed by atoms with Gasteiger partial charge in [-0.2, -0.15) is 0 Å². The average molecular weight is 687 g/mol. The van der Waals surface area contributed by atoms with E-state index in [9.17, 15) is 37.1 Å². The molecule has 0 heterocycles. The van der Waals surface area contributed by atoms with Gasteiger partial charge in [0.05, 0.1) is 25.2 Å². The van der Waals surface area contributed by atoms with Crippen LogP contribution in [0.15, 0.2) is 52.4 Å². The maximum atomic E-state index is 12.2. The lowest BCUT2D eigenvalue weighted by Gasteiger charge is -2.20. The maximum Gasteiger partial charge on any atom is 0.277 e. The van der Waals surface area contributed by atoms with E-state index in [2.05, 4.69) is 42.3 Å². The van der Waals surface area contributed by atoms with Gasteiger partial charge in [0.25, 0.3) is 11.4 Å². The Morgan fingerprint density at radius 3 is 1.43 bits per heavy atom. The molecule has 2 rings (SSSR count). The fraction of sp³-hybridized carbons (Fsp3) is 0.533. The molecule has 0 aliphatic carbocycles. The van der Waals surface area contributed by atoms with Crippen molar-refractivity contribution in [2.24, 2.45) is 0 Å². The SMILES string of the molecule is CC(C)N(C)C.CN(C)/C=C/c1ccc(S(=O)(=O)NC(C)(C)C)cc1[N+](=O)[O-].Cc1ccc(S(=O)(=O)NC(C)(C)C)cc1[N+](=O)[O-]. The Labute approximate surface area is 274 Å². The van der Waals surface area contributed by atoms with E-state index in [0.29, 0.717) is 17.2 Å². The summed E-state index contributed by atoms with van der Waals surface area (Å²) in [4.78, 5) is 24.4. The molecule has 0 aromatic heterocycles. The highest BCUT2D eigenvalue weighted by Crippen LogP contribution is 2.25. The molecule has 0 unspecified atom stereocenters. The number of nitro groups is 2. The van der Waals surface area contributed by atoms with Gasteiger partial charge in [0.1, 0.15) is 0 Å². The molecule has 0 aliphatic heterocycles. The zero-order valence-corrected chi connectivity index (χ0v) is 30.7. The van der Waals surface area contributed by atoms with Crippen LogP contribution in [0.2, 0.25) is 0 Å². The van der Waals surface area contributed by atoms with Gasteiger partial charge in [-0.3, -0.25) is 20.2 Å². The number of aryl methyl sites for hydroxylation is 1. The van der Waals surface area contributed by atoms with Gasteiger partial charge in [0, 0.05) is 48.9 Å². The molecule has 0 aliphatic rings. The minimum atomic E-state index is -3.81. The van der Waals surface area contributed by atoms with Crippen LogP contribution in [-0.4, -0.2) is 81.8 Å². The molecule has 2 aromatic carbocycles. The molecule has 0 radical (unpaired) electrons. The smallest absolute Gasteiger partial charge is 0.277 e. The van der Waals surface area contributed by atoms with Crippen LogP contribution in [0.25, 0.3) is 6.08 Å². The molecule has 2 aromatic rings. The topological polar surface area (TPSA) is 185 Å². The summed E-state index contributed by atoms with van der Waals surface area (Å²) >= 11 is 0. The summed E-state index contributed by atoms with van der Waals surface area (Å²) in [5, 5.41) is 22.0. The molecular formula is C30H50N6O8S2. The monoisotopic (exact) mass is 686 g/mol. The molecule has 16 heteroatoms. The predicted octanol–water partition coefficient (Wildman–Crippen LogP) is 5.14. The molecule has 0 saturated carbocycles. The molecule has 0 saturated heterocycles. The zero-order valence-electron chi connectivity index (χ0n) is 29.1. The summed E-state index contributed by atoms with van der Waals surface area (Å²) in [5.41, 5.74) is -1.000. The molecule has 0 fully saturated rings. The van der Waals surface area contributed by atoms with Crippen molar-refractivity contribution in [3.63, 3.8) is 0 Å². The number of nitrogens with zero attached hydrogens (tertiary/aromatic N) is 4. The lowest BCUT2D eigenvalue weighted by atomic mass is 10.1. The number of nitro benzene ring substituents is 2. The maximum absolute atomic E-state index is 12.2. The third-order valence-corrected chi connectivity index (χ3v) is 9.17. The van der Waals surface area contributed by atoms with Crippen LogP contribution in [0.3, 0.4) is 0 Å². The van der Waals surface area contributed by atoms with Gasteiger partial charge in [0.2, 0.25) is 20.0 Å². The highest BCUT2D eigenvalue weighted by Gasteiger charge is 2.26. The second-order valence-electron chi connectivity index (χ2n) is 13.2. The molecule has 0 bridgehead atoms. The molecular weight excluding hydrogens is 636 g/mol. The highest BCUT2D eigenvalue weighted by molar-refractivity contribution is 7.89. The van der Waals surface area contributed by atoms with Crippen LogP contribution in [-0.2, 0) is 20.0 Å². The van der Waals surface area contributed by atoms with Crippen molar-refractivity contribution in [1.29, 1.82) is 0 Å². The Balaban J connectivity index is 0.000000758. The predicted molar refractivity (Wildman–Crippen MR) is 183 cm³/mol. The Kier molecular flexibility index (Phi) is 15.7. The summed E-state index contributed by atoms with van der Waals surface area (Å²) < 4.78 is 53.4. The van der Waals surface area contributed by atoms with Gasteiger partial charge in [-0.25, -0.2) is 26.3 Å². The lowest BCUT2D eigenvalue weighted by molar-refractivity contribution is -0.385. The molecule has 260 valence electrons. The van der Waals surface area contributed by atoms with E-state index in [0.717, 1.165) is 12.1 Å². The van der Waals surface area contributed by atoms with Crippen molar-refractivity contribution in [1.82, 2.24) is 19.2 Å². The first-order chi connectivity index (χ1) is 20.6. The molecule has 2 N–H and O–H groups in total. The van der Waals surface area contributed by atoms with Gasteiger partial charge >= 0.3 is 0 Å². The van der Waals surface area contributed by atoms with E-state index < -0.39 is 41.0 Å². The van der Waals surface area contributed by atoms with Crippen LogP contribution in [0, 0.1) is 27.2 Å². The quantitative estimate of drug-likeness (QED) is 0.264. The average Bonchev–Trinajstić information content (AvgIpc) is 2.85. The Bertz CT molecular complexity index is 1580. The first kappa shape index (κ1) is 42.6. The number of benzene rings is 2. The van der Waals surface area contributed by atoms with E-state index in [1.165, 1.54) is 24.3 Å². The van der Waals surface area contributed by atoms with Gasteiger partial charge in [-0.05, 0) is 107 Å². The molecule has 0 atom stereocenters. The van der Waals surface area contributed by atoms with Crippen LogP contribution in [0.5, 0.6) is 0 Å². The number of sulfonamides is 2. The highest BCUT2D eigenvalue weighted by atomic mass is 32.2. The number of rotatable bonds is 9. The van der Waals surface area contributed by atoms with Crippen molar-refractivity contribution >= 4 is 37.5 Å². The minimum absolute atomic E-state index is 0.102. The van der Waals surface area contributed by atoms with E-state index in [1.54, 1.807) is 79.7 Å². The van der Waals surface area contributed by atoms with Crippen LogP contribution in [0.4, 0.5) is 11.4 Å². The van der Waals surface area contributed by atoms with Gasteiger partial charge in [-0.15, -0.1) is 0 Å². The van der Waals surface area contributed by atoms with Crippen molar-refractivity contribution < 1.29 is 26.7 Å². The number of hydrogen-bond donors (Lipinski definition) is 2. The number of hydrogen-bond acceptors (Lipinski definition) is 10. The van der Waals surface area contributed by atoms with E-state index in [4.69, 9.17) is 0 Å². The van der Waals surface area contributed by atoms with E-state index >= 15 is 0 Å². The number of nitrogens with one attached hydrogen (secondary N) is 2.